The second-order valence-corrected chi connectivity index (χ2v) is 35.8. The normalized spacial score (nSPS) is 20.6. The van der Waals surface area contributed by atoms with Crippen LogP contribution in [0.2, 0.25) is 15.1 Å². The number of unbranched alkanes of at least 4 members (excludes halogenated alkanes) is 1. The van der Waals surface area contributed by atoms with Crippen molar-refractivity contribution in [2.45, 2.75) is 205 Å². The molecule has 9 aromatic rings. The Morgan fingerprint density at radius 2 is 0.742 bits per heavy atom. The standard InChI is InChI=1S/C37H49ClN4O2.C33H40ClN3O2.C31H38ClN3O2/c1-4-27(28-8-6-5-7-9-28)25-42-21-17-34(24-39-36(43)32-11-10-31-23-33(38)13-12-30(31)22-32)40-35(37(42)44)29-15-19-41(20-16-29)18-14-26(2)3;1-2-23(24-9-5-3-6-10-24)22-37-18-17-30(36-31(33(37)39)25-11-7-4-8-12-25)21-35-32(38)28-14-13-27-20-29(34)16-15-26(27)19-28;1-3-5-11-29-31(37)35(21-22(4-2)23-9-7-6-8-10-23)17-16-28(34-29)20-33-30(36)26-13-12-25-19-27(32)15-14-24(25)18-26/h5-13,22-23,26-27,29,34-35,40H,4,14-21,24-25H2,1-3H3,(H,39,43);3,5-6,9-10,13-16,19-20,23,25,30-31,36H,2,4,7-8,11-12,17-18,21-22H2,1H3,(H,35,38);6-10,12-15,18-19,22,28-29,34H,3-5,11,16-17,20-21H2,1-2H3,(H,33,36)/t27-,34?,35?;23-,30?,31?;22-,28+,29+/m111/s1. The van der Waals surface area contributed by atoms with Gasteiger partial charge in [-0.05, 0) is 236 Å². The molecular weight excluding hydrogens is 1560 g/mol. The predicted octanol–water partition coefficient (Wildman–Crippen LogP) is 19.5. The first-order valence-corrected chi connectivity index (χ1v) is 45.9. The Labute approximate surface area is 727 Å². The Morgan fingerprint density at radius 3 is 1.10 bits per heavy atom. The summed E-state index contributed by atoms with van der Waals surface area (Å²) in [6.45, 7) is 22.3. The monoisotopic (exact) mass is 1680 g/mol. The highest BCUT2D eigenvalue weighted by Gasteiger charge is 2.41. The maximum atomic E-state index is 14.2. The molecule has 1 saturated carbocycles. The second-order valence-electron chi connectivity index (χ2n) is 34.5. The van der Waals surface area contributed by atoms with Crippen LogP contribution in [-0.2, 0) is 14.4 Å². The number of piperidine rings is 1. The Balaban J connectivity index is 0.000000166. The number of hydrogen-bond donors (Lipinski definition) is 6. The van der Waals surface area contributed by atoms with E-state index in [9.17, 15) is 28.8 Å². The first kappa shape index (κ1) is 90.5. The van der Waals surface area contributed by atoms with Gasteiger partial charge in [0.15, 0.2) is 0 Å². The van der Waals surface area contributed by atoms with E-state index in [2.05, 4.69) is 161 Å². The highest BCUT2D eigenvalue weighted by Crippen LogP contribution is 2.34. The molecule has 4 unspecified atom stereocenters. The van der Waals surface area contributed by atoms with Crippen LogP contribution in [0.15, 0.2) is 200 Å². The van der Waals surface area contributed by atoms with Crippen LogP contribution < -0.4 is 31.9 Å². The number of halogens is 3. The summed E-state index contributed by atoms with van der Waals surface area (Å²) in [5, 5.41) is 28.5. The van der Waals surface area contributed by atoms with Crippen molar-refractivity contribution in [1.29, 1.82) is 0 Å². The van der Waals surface area contributed by atoms with Gasteiger partial charge in [0.25, 0.3) is 17.7 Å². The minimum atomic E-state index is -0.231. The van der Waals surface area contributed by atoms with Crippen molar-refractivity contribution in [2.75, 3.05) is 78.5 Å². The number of amides is 6. The van der Waals surface area contributed by atoms with E-state index in [0.717, 1.165) is 155 Å². The number of nitrogens with zero attached hydrogens (tertiary/aromatic N) is 4. The van der Waals surface area contributed by atoms with Crippen LogP contribution in [0.1, 0.15) is 216 Å². The third-order valence-corrected chi connectivity index (χ3v) is 26.4. The van der Waals surface area contributed by atoms with Crippen molar-refractivity contribution in [3.05, 3.63) is 249 Å². The lowest BCUT2D eigenvalue weighted by atomic mass is 9.83. The van der Waals surface area contributed by atoms with Gasteiger partial charge in [-0.15, -0.1) is 0 Å². The molecule has 6 N–H and O–H groups in total. The van der Waals surface area contributed by atoms with Crippen molar-refractivity contribution in [1.82, 2.24) is 51.5 Å². The Hall–Kier alpha value is -8.71. The van der Waals surface area contributed by atoms with Crippen molar-refractivity contribution in [2.24, 2.45) is 17.8 Å². The molecule has 0 spiro atoms. The maximum Gasteiger partial charge on any atom is 0.251 e. The van der Waals surface area contributed by atoms with E-state index in [-0.39, 0.29) is 71.7 Å². The molecule has 638 valence electrons. The molecular formula is C101H127Cl3N10O6. The number of rotatable bonds is 29. The molecule has 4 heterocycles. The molecule has 0 radical (unpaired) electrons. The highest BCUT2D eigenvalue weighted by molar-refractivity contribution is 6.32. The van der Waals surface area contributed by atoms with Crippen LogP contribution in [0.5, 0.6) is 0 Å². The molecule has 9 atom stereocenters. The van der Waals surface area contributed by atoms with E-state index in [1.807, 2.05) is 132 Å². The van der Waals surface area contributed by atoms with Gasteiger partial charge >= 0.3 is 0 Å². The minimum Gasteiger partial charge on any atom is -0.350 e. The lowest BCUT2D eigenvalue weighted by Gasteiger charge is -2.38. The largest absolute Gasteiger partial charge is 0.350 e. The third-order valence-electron chi connectivity index (χ3n) is 25.7. The molecule has 120 heavy (non-hydrogen) atoms. The summed E-state index contributed by atoms with van der Waals surface area (Å²) in [4.78, 5) is 89.8. The van der Waals surface area contributed by atoms with Gasteiger partial charge in [-0.1, -0.05) is 236 Å². The molecule has 16 nitrogen and oxygen atoms in total. The third kappa shape index (κ3) is 25.5. The summed E-state index contributed by atoms with van der Waals surface area (Å²) < 4.78 is 0. The lowest BCUT2D eigenvalue weighted by molar-refractivity contribution is -0.135. The maximum absolute atomic E-state index is 14.2. The van der Waals surface area contributed by atoms with Crippen LogP contribution in [0, 0.1) is 17.8 Å². The number of carbonyl (C=O) groups excluding carboxylic acids is 6. The average Bonchev–Trinajstić information content (AvgIpc) is 1.35. The van der Waals surface area contributed by atoms with E-state index in [1.54, 1.807) is 0 Å². The number of hydrogen-bond acceptors (Lipinski definition) is 10. The predicted molar refractivity (Wildman–Crippen MR) is 493 cm³/mol. The number of benzene rings is 9. The number of carbonyl (C=O) groups is 6. The molecule has 9 aromatic carbocycles. The van der Waals surface area contributed by atoms with E-state index >= 15 is 0 Å². The van der Waals surface area contributed by atoms with Crippen molar-refractivity contribution < 1.29 is 28.8 Å². The fraction of sp³-hybridized carbons (Fsp3) is 0.465. The second kappa shape index (κ2) is 45.4. The van der Waals surface area contributed by atoms with Crippen LogP contribution >= 0.6 is 34.8 Å². The molecule has 5 fully saturated rings. The first-order valence-electron chi connectivity index (χ1n) is 44.7. The van der Waals surface area contributed by atoms with Crippen LogP contribution in [-0.4, -0.2) is 170 Å². The van der Waals surface area contributed by atoms with E-state index in [1.165, 1.54) is 42.4 Å². The van der Waals surface area contributed by atoms with Crippen LogP contribution in [0.25, 0.3) is 32.3 Å². The quantitative estimate of drug-likeness (QED) is 0.0263. The molecule has 6 amide bonds. The summed E-state index contributed by atoms with van der Waals surface area (Å²) in [6.07, 6.45) is 17.3. The van der Waals surface area contributed by atoms with Crippen molar-refractivity contribution in [3.63, 3.8) is 0 Å². The highest BCUT2D eigenvalue weighted by atomic mass is 35.5. The topological polar surface area (TPSA) is 188 Å². The molecule has 4 saturated heterocycles. The number of likely N-dealkylation sites (tertiary alicyclic amines) is 1. The fourth-order valence-electron chi connectivity index (χ4n) is 18.3. The smallest absolute Gasteiger partial charge is 0.251 e. The summed E-state index contributed by atoms with van der Waals surface area (Å²) >= 11 is 18.3. The average molecular weight is 1680 g/mol. The van der Waals surface area contributed by atoms with Crippen molar-refractivity contribution in [3.8, 4) is 0 Å². The van der Waals surface area contributed by atoms with E-state index in [4.69, 9.17) is 34.8 Å². The molecule has 1 aliphatic carbocycles. The zero-order valence-electron chi connectivity index (χ0n) is 71.4. The molecule has 0 aromatic heterocycles. The zero-order valence-corrected chi connectivity index (χ0v) is 73.6. The minimum absolute atomic E-state index is 0.0212. The molecule has 19 heteroatoms. The van der Waals surface area contributed by atoms with E-state index < -0.39 is 0 Å². The van der Waals surface area contributed by atoms with Crippen LogP contribution in [0.3, 0.4) is 0 Å². The Morgan fingerprint density at radius 1 is 0.400 bits per heavy atom. The summed E-state index contributed by atoms with van der Waals surface area (Å²) in [5.74, 6) is 2.64. The SMILES string of the molecule is CCCC[C@@H]1N[C@H](CNC(=O)c2ccc3cc(Cl)ccc3c2)CCN(C[C@@H](CC)c2ccccc2)C1=O.CC[C@H](CN1CCC(CNC(=O)c2ccc3cc(Cl)ccc3c2)NC(C2CCCCC2)C1=O)c1ccccc1.CC[C@H](CN1CCC(CNC(=O)c2ccc3cc(Cl)ccc3c2)NC(C2CCN(CCC(C)C)CC2)C1=O)c1ccccc1. The Kier molecular flexibility index (Phi) is 34.3. The van der Waals surface area contributed by atoms with Gasteiger partial charge < -0.3 is 51.5 Å². The fourth-order valence-corrected chi connectivity index (χ4v) is 18.8. The number of nitrogens with one attached hydrogen (secondary N) is 6. The molecule has 14 rings (SSSR count). The first-order chi connectivity index (χ1) is 58.3. The molecule has 5 aliphatic rings. The van der Waals surface area contributed by atoms with Gasteiger partial charge in [0.2, 0.25) is 17.7 Å². The summed E-state index contributed by atoms with van der Waals surface area (Å²) in [6, 6.07) is 65.2. The van der Waals surface area contributed by atoms with Crippen LogP contribution in [0.4, 0.5) is 0 Å². The van der Waals surface area contributed by atoms with Gasteiger partial charge in [-0.3, -0.25) is 28.8 Å². The van der Waals surface area contributed by atoms with Gasteiger partial charge in [0.05, 0.1) is 18.1 Å². The number of fused-ring (bicyclic) bond motifs is 3. The lowest BCUT2D eigenvalue weighted by Crippen LogP contribution is -2.54. The molecule has 0 bridgehead atoms. The Bertz CT molecular complexity index is 4810. The van der Waals surface area contributed by atoms with Crippen molar-refractivity contribution >= 4 is 103 Å². The van der Waals surface area contributed by atoms with E-state index in [0.29, 0.717) is 107 Å². The zero-order chi connectivity index (χ0) is 84.4. The summed E-state index contributed by atoms with van der Waals surface area (Å²) in [7, 11) is 0. The van der Waals surface area contributed by atoms with Gasteiger partial charge in [0, 0.05) is 127 Å². The molecule has 4 aliphatic heterocycles. The summed E-state index contributed by atoms with van der Waals surface area (Å²) in [5.41, 5.74) is 5.75. The van der Waals surface area contributed by atoms with Gasteiger partial charge in [-0.25, -0.2) is 0 Å². The van der Waals surface area contributed by atoms with Gasteiger partial charge in [0.1, 0.15) is 0 Å². The van der Waals surface area contributed by atoms with Gasteiger partial charge in [-0.2, -0.15) is 0 Å².